The Hall–Kier alpha value is -2.92. The van der Waals surface area contributed by atoms with E-state index in [9.17, 15) is 24.4 Å². The average Bonchev–Trinajstić information content (AvgIpc) is 3.58. The van der Waals surface area contributed by atoms with Gasteiger partial charge < -0.3 is 40.0 Å². The number of aliphatic hydroxyl groups is 2. The molecule has 4 rings (SSSR count). The second-order valence-electron chi connectivity index (χ2n) is 9.96. The highest BCUT2D eigenvalue weighted by Crippen LogP contribution is 2.43. The lowest BCUT2D eigenvalue weighted by atomic mass is 9.96. The zero-order valence-electron chi connectivity index (χ0n) is 23.3. The van der Waals surface area contributed by atoms with Gasteiger partial charge in [0.25, 0.3) is 0 Å². The lowest BCUT2D eigenvalue weighted by molar-refractivity contribution is -0.144. The van der Waals surface area contributed by atoms with Gasteiger partial charge in [-0.3, -0.25) is 18.7 Å². The maximum atomic E-state index is 13.6. The topological polar surface area (TPSA) is 234 Å². The summed E-state index contributed by atoms with van der Waals surface area (Å²) in [6, 6.07) is -0.818. The van der Waals surface area contributed by atoms with E-state index in [1.165, 1.54) is 24.7 Å². The molecule has 7 N–H and O–H groups in total. The number of nitrogens with one attached hydrogen (secondary N) is 3. The molecule has 18 heteroatoms. The Morgan fingerprint density at radius 2 is 2.00 bits per heavy atom. The van der Waals surface area contributed by atoms with Crippen LogP contribution in [0.2, 0.25) is 0 Å². The number of nitrogens with two attached hydrogens (primary N) is 1. The number of carbonyl (C=O) groups is 2. The number of nitrogen functional groups attached to an aromatic ring is 1. The molecule has 0 aromatic carbocycles. The number of rotatable bonds is 14. The third-order valence-electron chi connectivity index (χ3n) is 6.53. The summed E-state index contributed by atoms with van der Waals surface area (Å²) in [5.41, 5.74) is 4.73. The van der Waals surface area contributed by atoms with Crippen molar-refractivity contribution in [2.75, 3.05) is 37.4 Å². The van der Waals surface area contributed by atoms with Crippen molar-refractivity contribution >= 4 is 42.5 Å². The zero-order valence-corrected chi connectivity index (χ0v) is 24.2. The van der Waals surface area contributed by atoms with Crippen LogP contribution < -0.4 is 21.2 Å². The second kappa shape index (κ2) is 12.5. The predicted octanol–water partition coefficient (Wildman–Crippen LogP) is -0.189. The Morgan fingerprint density at radius 3 is 2.66 bits per heavy atom. The van der Waals surface area contributed by atoms with Gasteiger partial charge in [0.15, 0.2) is 23.2 Å². The van der Waals surface area contributed by atoms with Crippen molar-refractivity contribution in [2.45, 2.75) is 76.7 Å². The summed E-state index contributed by atoms with van der Waals surface area (Å²) in [6.07, 6.45) is -0.543. The zero-order chi connectivity index (χ0) is 29.9. The fourth-order valence-corrected chi connectivity index (χ4v) is 5.83. The molecule has 41 heavy (non-hydrogen) atoms. The van der Waals surface area contributed by atoms with E-state index in [-0.39, 0.29) is 30.9 Å². The van der Waals surface area contributed by atoms with Crippen molar-refractivity contribution < 1.29 is 43.1 Å². The minimum atomic E-state index is -4.13. The number of aliphatic hydroxyl groups excluding tert-OH is 1. The maximum absolute atomic E-state index is 13.6. The van der Waals surface area contributed by atoms with E-state index in [0.29, 0.717) is 11.3 Å². The first-order valence-corrected chi connectivity index (χ1v) is 14.9. The first-order chi connectivity index (χ1) is 19.4. The molecule has 0 amide bonds. The van der Waals surface area contributed by atoms with E-state index in [0.717, 1.165) is 12.8 Å². The van der Waals surface area contributed by atoms with Gasteiger partial charge in [-0.2, -0.15) is 9.97 Å². The van der Waals surface area contributed by atoms with Gasteiger partial charge >= 0.3 is 19.6 Å². The van der Waals surface area contributed by atoms with Crippen LogP contribution in [0.5, 0.6) is 0 Å². The molecule has 4 unspecified atom stereocenters. The summed E-state index contributed by atoms with van der Waals surface area (Å²) >= 11 is 0. The minimum absolute atomic E-state index is 0.0177. The third-order valence-corrected chi connectivity index (χ3v) is 8.34. The normalized spacial score (nSPS) is 26.4. The molecule has 0 radical (unpaired) electrons. The molecule has 0 bridgehead atoms. The summed E-state index contributed by atoms with van der Waals surface area (Å²) in [4.78, 5) is 36.9. The molecule has 1 saturated carbocycles. The van der Waals surface area contributed by atoms with Crippen LogP contribution in [0, 0.1) is 0 Å². The molecular formula is C23H37N8O9P. The molecule has 1 aliphatic heterocycles. The highest BCUT2D eigenvalue weighted by Gasteiger charge is 2.54. The van der Waals surface area contributed by atoms with E-state index in [1.807, 2.05) is 0 Å². The Balaban J connectivity index is 1.52. The van der Waals surface area contributed by atoms with Crippen molar-refractivity contribution in [3.63, 3.8) is 0 Å². The van der Waals surface area contributed by atoms with Gasteiger partial charge in [-0.15, -0.1) is 0 Å². The van der Waals surface area contributed by atoms with Crippen LogP contribution in [0.4, 0.5) is 11.8 Å². The van der Waals surface area contributed by atoms with E-state index in [1.54, 1.807) is 13.8 Å². The molecule has 0 spiro atoms. The van der Waals surface area contributed by atoms with Crippen molar-refractivity contribution in [1.29, 1.82) is 0 Å². The highest BCUT2D eigenvalue weighted by atomic mass is 31.2. The van der Waals surface area contributed by atoms with Crippen LogP contribution in [0.15, 0.2) is 6.33 Å². The third kappa shape index (κ3) is 7.12. The van der Waals surface area contributed by atoms with Crippen LogP contribution in [0.25, 0.3) is 11.2 Å². The molecule has 2 aliphatic rings. The van der Waals surface area contributed by atoms with Crippen molar-refractivity contribution in [1.82, 2.24) is 29.7 Å². The molecule has 228 valence electrons. The van der Waals surface area contributed by atoms with Crippen LogP contribution in [0.1, 0.15) is 46.8 Å². The Bertz CT molecular complexity index is 1300. The number of nitrogens with zero attached hydrogens (tertiary/aromatic N) is 4. The standard InChI is InChI=1S/C23H37N8O9P/c1-5-37-15(32)9-26-41(36,30-12(3)20(34)38-6-2)39-10-14-17(33)23(4,35)21(40-14)31-11-25-16-18(27-13-7-8-13)28-22(24)29-19(16)31/h11-14,17,21,33,35H,5-10H2,1-4H3,(H2,26,30,36)(H3,24,27,28,29)/t12-,14+,17?,21?,23?,41?/m0/s1. The van der Waals surface area contributed by atoms with Crippen molar-refractivity contribution in [3.8, 4) is 0 Å². The number of carbonyl (C=O) groups excluding carboxylic acids is 2. The quantitative estimate of drug-likeness (QED) is 0.122. The number of aromatic nitrogens is 4. The first-order valence-electron chi connectivity index (χ1n) is 13.3. The van der Waals surface area contributed by atoms with E-state index in [4.69, 9.17) is 24.5 Å². The fourth-order valence-electron chi connectivity index (χ4n) is 4.27. The molecule has 2 aromatic rings. The molecular weight excluding hydrogens is 563 g/mol. The summed E-state index contributed by atoms with van der Waals surface area (Å²) in [6.45, 7) is 5.20. The lowest BCUT2D eigenvalue weighted by Gasteiger charge is -2.27. The number of hydrogen-bond donors (Lipinski definition) is 6. The Morgan fingerprint density at radius 1 is 1.29 bits per heavy atom. The van der Waals surface area contributed by atoms with Crippen LogP contribution in [0.3, 0.4) is 0 Å². The Labute approximate surface area is 236 Å². The maximum Gasteiger partial charge on any atom is 0.342 e. The smallest absolute Gasteiger partial charge is 0.342 e. The second-order valence-corrected chi connectivity index (χ2v) is 11.9. The van der Waals surface area contributed by atoms with Crippen LogP contribution in [-0.4, -0.2) is 97.9 Å². The van der Waals surface area contributed by atoms with Crippen molar-refractivity contribution in [2.24, 2.45) is 0 Å². The molecule has 3 heterocycles. The van der Waals surface area contributed by atoms with Gasteiger partial charge in [0.05, 0.1) is 26.1 Å². The lowest BCUT2D eigenvalue weighted by Crippen LogP contribution is -2.45. The number of hydrogen-bond acceptors (Lipinski definition) is 14. The summed E-state index contributed by atoms with van der Waals surface area (Å²) < 4.78 is 36.4. The molecule has 1 aliphatic carbocycles. The number of anilines is 2. The van der Waals surface area contributed by atoms with Gasteiger partial charge in [0.2, 0.25) is 5.95 Å². The number of fused-ring (bicyclic) bond motifs is 1. The highest BCUT2D eigenvalue weighted by molar-refractivity contribution is 7.54. The SMILES string of the molecule is CCOC(=O)CNP(=O)(N[C@@H](C)C(=O)OCC)OC[C@H]1OC(n2cnc3c(NC4CC4)nc(N)nc32)C(C)(O)C1O. The molecule has 6 atom stereocenters. The average molecular weight is 601 g/mol. The largest absolute Gasteiger partial charge is 0.465 e. The molecule has 2 fully saturated rings. The molecule has 2 aromatic heterocycles. The van der Waals surface area contributed by atoms with Gasteiger partial charge in [-0.1, -0.05) is 0 Å². The van der Waals surface area contributed by atoms with E-state index < -0.39 is 62.8 Å². The van der Waals surface area contributed by atoms with Gasteiger partial charge in [-0.25, -0.2) is 15.2 Å². The number of ether oxygens (including phenoxy) is 3. The Kier molecular flexibility index (Phi) is 9.48. The summed E-state index contributed by atoms with van der Waals surface area (Å²) in [5.74, 6) is -0.970. The van der Waals surface area contributed by atoms with Gasteiger partial charge in [-0.05, 0) is 40.5 Å². The number of esters is 2. The van der Waals surface area contributed by atoms with Gasteiger partial charge in [0.1, 0.15) is 30.4 Å². The minimum Gasteiger partial charge on any atom is -0.465 e. The van der Waals surface area contributed by atoms with Crippen LogP contribution >= 0.6 is 7.67 Å². The first kappa shape index (κ1) is 31.0. The van der Waals surface area contributed by atoms with Gasteiger partial charge in [0, 0.05) is 6.04 Å². The molecule has 1 saturated heterocycles. The van der Waals surface area contributed by atoms with Crippen molar-refractivity contribution in [3.05, 3.63) is 6.33 Å². The monoisotopic (exact) mass is 600 g/mol. The summed E-state index contributed by atoms with van der Waals surface area (Å²) in [5, 5.41) is 30.5. The summed E-state index contributed by atoms with van der Waals surface area (Å²) in [7, 11) is -4.13. The predicted molar refractivity (Wildman–Crippen MR) is 144 cm³/mol. The van der Waals surface area contributed by atoms with E-state index >= 15 is 0 Å². The fraction of sp³-hybridized carbons (Fsp3) is 0.696. The van der Waals surface area contributed by atoms with E-state index in [2.05, 4.69) is 30.4 Å². The number of imidazole rings is 1. The van der Waals surface area contributed by atoms with Crippen LogP contribution in [-0.2, 0) is 32.9 Å². The molecule has 17 nitrogen and oxygen atoms in total.